The van der Waals surface area contributed by atoms with Crippen LogP contribution in [0.2, 0.25) is 0 Å². The number of nitrogens with zero attached hydrogens (tertiary/aromatic N) is 1. The number of nitrogens with one attached hydrogen (secondary N) is 2. The van der Waals surface area contributed by atoms with Crippen molar-refractivity contribution in [3.05, 3.63) is 47.2 Å². The average molecular weight is 257 g/mol. The van der Waals surface area contributed by atoms with Crippen LogP contribution >= 0.6 is 0 Å². The number of amides is 1. The zero-order valence-electron chi connectivity index (χ0n) is 10.7. The van der Waals surface area contributed by atoms with Crippen molar-refractivity contribution >= 4 is 11.6 Å². The molecule has 1 aromatic heterocycles. The lowest BCUT2D eigenvalue weighted by Gasteiger charge is -2.05. The van der Waals surface area contributed by atoms with Crippen molar-refractivity contribution in [2.75, 3.05) is 11.9 Å². The van der Waals surface area contributed by atoms with Gasteiger partial charge in [0, 0.05) is 17.8 Å². The van der Waals surface area contributed by atoms with Gasteiger partial charge < -0.3 is 15.1 Å². The number of aryl methyl sites for hydroxylation is 1. The molecule has 0 aliphatic carbocycles. The molecule has 1 aromatic carbocycles. The third kappa shape index (κ3) is 2.45. The summed E-state index contributed by atoms with van der Waals surface area (Å²) in [7, 11) is 0. The molecule has 2 N–H and O–H groups in total. The molecule has 0 radical (unpaired) electrons. The molecule has 5 heteroatoms. The number of hydrogen-bond acceptors (Lipinski definition) is 4. The van der Waals surface area contributed by atoms with Gasteiger partial charge in [-0.15, -0.1) is 0 Å². The molecule has 0 saturated heterocycles. The lowest BCUT2D eigenvalue weighted by molar-refractivity contribution is 0.0947. The Hall–Kier alpha value is -2.30. The highest BCUT2D eigenvalue weighted by atomic mass is 16.4. The normalized spacial score (nSPS) is 12.9. The van der Waals surface area contributed by atoms with Crippen molar-refractivity contribution in [1.29, 1.82) is 0 Å². The highest BCUT2D eigenvalue weighted by Crippen LogP contribution is 2.22. The van der Waals surface area contributed by atoms with Crippen molar-refractivity contribution in [3.63, 3.8) is 0 Å². The first-order chi connectivity index (χ1) is 9.22. The molecule has 1 amide bonds. The first kappa shape index (κ1) is 11.8. The van der Waals surface area contributed by atoms with Gasteiger partial charge in [0.15, 0.2) is 0 Å². The van der Waals surface area contributed by atoms with E-state index in [9.17, 15) is 4.79 Å². The summed E-state index contributed by atoms with van der Waals surface area (Å²) in [6.07, 6.45) is 2.61. The van der Waals surface area contributed by atoms with Crippen molar-refractivity contribution in [1.82, 2.24) is 10.3 Å². The van der Waals surface area contributed by atoms with Crippen molar-refractivity contribution < 1.29 is 9.21 Å². The standard InChI is InChI=1S/C14H15N3O2/c1-9-7-16-13(19-9)8-17-14(18)11-2-3-12-10(6-11)4-5-15-12/h2-3,6-7,15H,4-5,8H2,1H3,(H,17,18). The molecule has 5 nitrogen and oxygen atoms in total. The number of benzene rings is 1. The number of carbonyl (C=O) groups excluding carboxylic acids is 1. The van der Waals surface area contributed by atoms with Crippen LogP contribution in [0, 0.1) is 6.92 Å². The highest BCUT2D eigenvalue weighted by Gasteiger charge is 2.13. The third-order valence-electron chi connectivity index (χ3n) is 3.15. The van der Waals surface area contributed by atoms with E-state index in [0.29, 0.717) is 18.0 Å². The van der Waals surface area contributed by atoms with Gasteiger partial charge in [-0.3, -0.25) is 4.79 Å². The van der Waals surface area contributed by atoms with Crippen LogP contribution in [0.25, 0.3) is 0 Å². The van der Waals surface area contributed by atoms with Crippen molar-refractivity contribution in [2.24, 2.45) is 0 Å². The molecule has 2 heterocycles. The van der Waals surface area contributed by atoms with Crippen molar-refractivity contribution in [2.45, 2.75) is 19.9 Å². The van der Waals surface area contributed by atoms with E-state index in [2.05, 4.69) is 15.6 Å². The Morgan fingerprint density at radius 3 is 3.21 bits per heavy atom. The topological polar surface area (TPSA) is 67.2 Å². The van der Waals surface area contributed by atoms with E-state index in [-0.39, 0.29) is 5.91 Å². The van der Waals surface area contributed by atoms with Crippen LogP contribution in [0.4, 0.5) is 5.69 Å². The van der Waals surface area contributed by atoms with Crippen LogP contribution in [0.1, 0.15) is 27.6 Å². The minimum absolute atomic E-state index is 0.106. The maximum absolute atomic E-state index is 12.0. The van der Waals surface area contributed by atoms with Gasteiger partial charge in [0.2, 0.25) is 5.89 Å². The second kappa shape index (κ2) is 4.76. The monoisotopic (exact) mass is 257 g/mol. The second-order valence-corrected chi connectivity index (χ2v) is 4.60. The highest BCUT2D eigenvalue weighted by molar-refractivity contribution is 5.94. The molecule has 1 aliphatic heterocycles. The number of anilines is 1. The Balaban J connectivity index is 1.67. The van der Waals surface area contributed by atoms with Gasteiger partial charge in [0.05, 0.1) is 12.7 Å². The molecule has 98 valence electrons. The summed E-state index contributed by atoms with van der Waals surface area (Å²) in [5.74, 6) is 1.16. The Morgan fingerprint density at radius 1 is 1.53 bits per heavy atom. The maximum atomic E-state index is 12.0. The predicted octanol–water partition coefficient (Wildman–Crippen LogP) is 1.88. The van der Waals surface area contributed by atoms with E-state index < -0.39 is 0 Å². The molecule has 0 bridgehead atoms. The largest absolute Gasteiger partial charge is 0.444 e. The molecule has 19 heavy (non-hydrogen) atoms. The van der Waals surface area contributed by atoms with Gasteiger partial charge in [-0.25, -0.2) is 4.98 Å². The van der Waals surface area contributed by atoms with Crippen LogP contribution < -0.4 is 10.6 Å². The van der Waals surface area contributed by atoms with E-state index in [4.69, 9.17) is 4.42 Å². The molecule has 2 aromatic rings. The number of carbonyl (C=O) groups is 1. The summed E-state index contributed by atoms with van der Waals surface area (Å²) in [6, 6.07) is 5.71. The molecule has 0 spiro atoms. The fourth-order valence-corrected chi connectivity index (χ4v) is 2.19. The lowest BCUT2D eigenvalue weighted by atomic mass is 10.1. The number of hydrogen-bond donors (Lipinski definition) is 2. The minimum Gasteiger partial charge on any atom is -0.444 e. The zero-order chi connectivity index (χ0) is 13.2. The predicted molar refractivity (Wildman–Crippen MR) is 71.0 cm³/mol. The first-order valence-corrected chi connectivity index (χ1v) is 6.29. The molecular weight excluding hydrogens is 242 g/mol. The van der Waals surface area contributed by atoms with E-state index >= 15 is 0 Å². The van der Waals surface area contributed by atoms with Gasteiger partial charge in [-0.1, -0.05) is 0 Å². The van der Waals surface area contributed by atoms with E-state index in [0.717, 1.165) is 24.4 Å². The summed E-state index contributed by atoms with van der Waals surface area (Å²) in [4.78, 5) is 16.1. The molecule has 1 aliphatic rings. The Kier molecular flexibility index (Phi) is 2.95. The summed E-state index contributed by atoms with van der Waals surface area (Å²) in [5.41, 5.74) is 2.99. The first-order valence-electron chi connectivity index (χ1n) is 6.29. The Bertz CT molecular complexity index is 619. The van der Waals surface area contributed by atoms with Gasteiger partial charge in [-0.2, -0.15) is 0 Å². The average Bonchev–Trinajstić information content (AvgIpc) is 3.03. The molecule has 0 saturated carbocycles. The molecular formula is C14H15N3O2. The molecule has 0 fully saturated rings. The van der Waals surface area contributed by atoms with Crippen LogP contribution in [0.15, 0.2) is 28.8 Å². The Labute approximate surface area is 111 Å². The quantitative estimate of drug-likeness (QED) is 0.881. The summed E-state index contributed by atoms with van der Waals surface area (Å²) < 4.78 is 5.31. The molecule has 0 unspecified atom stereocenters. The summed E-state index contributed by atoms with van der Waals surface area (Å²) in [5, 5.41) is 6.07. The van der Waals surface area contributed by atoms with E-state index in [1.54, 1.807) is 6.20 Å². The third-order valence-corrected chi connectivity index (χ3v) is 3.15. The summed E-state index contributed by atoms with van der Waals surface area (Å²) in [6.45, 7) is 3.07. The maximum Gasteiger partial charge on any atom is 0.251 e. The van der Waals surface area contributed by atoms with Crippen LogP contribution in [-0.4, -0.2) is 17.4 Å². The van der Waals surface area contributed by atoms with Gasteiger partial charge in [-0.05, 0) is 37.1 Å². The molecule has 3 rings (SSSR count). The van der Waals surface area contributed by atoms with Gasteiger partial charge >= 0.3 is 0 Å². The van der Waals surface area contributed by atoms with E-state index in [1.807, 2.05) is 25.1 Å². The van der Waals surface area contributed by atoms with Gasteiger partial charge in [0.1, 0.15) is 5.76 Å². The number of oxazole rings is 1. The lowest BCUT2D eigenvalue weighted by Crippen LogP contribution is -2.23. The van der Waals surface area contributed by atoms with Crippen LogP contribution in [-0.2, 0) is 13.0 Å². The summed E-state index contributed by atoms with van der Waals surface area (Å²) >= 11 is 0. The zero-order valence-corrected chi connectivity index (χ0v) is 10.7. The second-order valence-electron chi connectivity index (χ2n) is 4.60. The Morgan fingerprint density at radius 2 is 2.42 bits per heavy atom. The van der Waals surface area contributed by atoms with Crippen molar-refractivity contribution in [3.8, 4) is 0 Å². The number of fused-ring (bicyclic) bond motifs is 1. The SMILES string of the molecule is Cc1cnc(CNC(=O)c2ccc3c(c2)CCN3)o1. The minimum atomic E-state index is -0.106. The molecule has 0 atom stereocenters. The van der Waals surface area contributed by atoms with E-state index in [1.165, 1.54) is 5.56 Å². The van der Waals surface area contributed by atoms with Crippen LogP contribution in [0.5, 0.6) is 0 Å². The van der Waals surface area contributed by atoms with Crippen LogP contribution in [0.3, 0.4) is 0 Å². The fourth-order valence-electron chi connectivity index (χ4n) is 2.19. The van der Waals surface area contributed by atoms with Gasteiger partial charge in [0.25, 0.3) is 5.91 Å². The number of aromatic nitrogens is 1. The fraction of sp³-hybridized carbons (Fsp3) is 0.286. The number of rotatable bonds is 3. The smallest absolute Gasteiger partial charge is 0.251 e.